The topological polar surface area (TPSA) is 32.3 Å². The van der Waals surface area contributed by atoms with Gasteiger partial charge in [-0.1, -0.05) is 30.3 Å². The minimum Gasteiger partial charge on any atom is -0.354 e. The summed E-state index contributed by atoms with van der Waals surface area (Å²) in [5.41, 5.74) is 1.39. The van der Waals surface area contributed by atoms with E-state index in [2.05, 4.69) is 79.6 Å². The lowest BCUT2D eigenvalue weighted by molar-refractivity contribution is 0.212. The molecule has 3 rings (SSSR count). The van der Waals surface area contributed by atoms with Gasteiger partial charge >= 0.3 is 0 Å². The summed E-state index contributed by atoms with van der Waals surface area (Å²) in [4.78, 5) is 13.5. The molecule has 0 amide bonds. The largest absolute Gasteiger partial charge is 0.354 e. The van der Waals surface area contributed by atoms with Crippen LogP contribution in [0.2, 0.25) is 0 Å². The molecule has 4 nitrogen and oxygen atoms in total. The molecule has 1 unspecified atom stereocenters. The van der Waals surface area contributed by atoms with Gasteiger partial charge in [0.15, 0.2) is 0 Å². The third kappa shape index (κ3) is 3.76. The third-order valence-electron chi connectivity index (χ3n) is 4.27. The zero-order valence-corrected chi connectivity index (χ0v) is 15.0. The van der Waals surface area contributed by atoms with Crippen LogP contribution >= 0.6 is 22.6 Å². The fourth-order valence-corrected chi connectivity index (χ4v) is 3.55. The van der Waals surface area contributed by atoms with Gasteiger partial charge in [-0.15, -0.1) is 0 Å². The Balaban J connectivity index is 1.69. The molecule has 0 radical (unpaired) electrons. The molecule has 0 N–H and O–H groups in total. The van der Waals surface area contributed by atoms with Crippen molar-refractivity contribution in [2.75, 3.05) is 24.5 Å². The Morgan fingerprint density at radius 2 is 2.00 bits per heavy atom. The average Bonchev–Trinajstić information content (AvgIpc) is 2.72. The Kier molecular flexibility index (Phi) is 5.25. The lowest BCUT2D eigenvalue weighted by Crippen LogP contribution is -2.34. The SMILES string of the molecule is CC1CCN(c2ncncc2I)CCN1Cc1ccccc1. The number of hydrogen-bond acceptors (Lipinski definition) is 4. The zero-order chi connectivity index (χ0) is 15.4. The maximum atomic E-state index is 4.47. The molecular formula is C17H21IN4. The quantitative estimate of drug-likeness (QED) is 0.731. The van der Waals surface area contributed by atoms with Gasteiger partial charge in [0.1, 0.15) is 12.1 Å². The van der Waals surface area contributed by atoms with E-state index in [1.165, 1.54) is 5.56 Å². The van der Waals surface area contributed by atoms with Crippen molar-refractivity contribution in [1.29, 1.82) is 0 Å². The second-order valence-corrected chi connectivity index (χ2v) is 6.94. The first-order valence-electron chi connectivity index (χ1n) is 7.72. The number of aromatic nitrogens is 2. The molecule has 1 aliphatic heterocycles. The molecule has 1 saturated heterocycles. The Morgan fingerprint density at radius 3 is 2.77 bits per heavy atom. The lowest BCUT2D eigenvalue weighted by atomic mass is 10.1. The molecule has 0 bridgehead atoms. The van der Waals surface area contributed by atoms with Crippen molar-refractivity contribution < 1.29 is 0 Å². The Bertz CT molecular complexity index is 605. The van der Waals surface area contributed by atoms with Crippen LogP contribution in [0.15, 0.2) is 42.9 Å². The van der Waals surface area contributed by atoms with Gasteiger partial charge in [0.25, 0.3) is 0 Å². The van der Waals surface area contributed by atoms with Gasteiger partial charge in [-0.3, -0.25) is 4.90 Å². The van der Waals surface area contributed by atoms with E-state index in [-0.39, 0.29) is 0 Å². The minimum absolute atomic E-state index is 0.588. The predicted octanol–water partition coefficient (Wildman–Crippen LogP) is 3.18. The van der Waals surface area contributed by atoms with Crippen molar-refractivity contribution in [3.63, 3.8) is 0 Å². The summed E-state index contributed by atoms with van der Waals surface area (Å²) < 4.78 is 1.13. The first-order valence-corrected chi connectivity index (χ1v) is 8.80. The van der Waals surface area contributed by atoms with Crippen molar-refractivity contribution in [2.24, 2.45) is 0 Å². The minimum atomic E-state index is 0.588. The molecule has 22 heavy (non-hydrogen) atoms. The number of halogens is 1. The summed E-state index contributed by atoms with van der Waals surface area (Å²) in [7, 11) is 0. The van der Waals surface area contributed by atoms with E-state index in [0.717, 1.165) is 42.0 Å². The number of rotatable bonds is 3. The van der Waals surface area contributed by atoms with Gasteiger partial charge in [0.2, 0.25) is 0 Å². The molecule has 0 aliphatic carbocycles. The first kappa shape index (κ1) is 15.7. The summed E-state index contributed by atoms with van der Waals surface area (Å²) in [5.74, 6) is 1.07. The maximum Gasteiger partial charge on any atom is 0.145 e. The van der Waals surface area contributed by atoms with Crippen molar-refractivity contribution in [1.82, 2.24) is 14.9 Å². The molecule has 1 aromatic heterocycles. The summed E-state index contributed by atoms with van der Waals surface area (Å²) in [5, 5.41) is 0. The third-order valence-corrected chi connectivity index (χ3v) is 5.03. The monoisotopic (exact) mass is 408 g/mol. The number of benzene rings is 1. The maximum absolute atomic E-state index is 4.47. The molecule has 1 fully saturated rings. The van der Waals surface area contributed by atoms with Crippen LogP contribution in [0.25, 0.3) is 0 Å². The van der Waals surface area contributed by atoms with Gasteiger partial charge in [-0.2, -0.15) is 0 Å². The van der Waals surface area contributed by atoms with Crippen LogP contribution in [-0.4, -0.2) is 40.5 Å². The molecule has 1 atom stereocenters. The fraction of sp³-hybridized carbons (Fsp3) is 0.412. The standard InChI is InChI=1S/C17H21IN4/c1-14-7-8-21(17-16(18)11-19-13-20-17)9-10-22(14)12-15-5-3-2-4-6-15/h2-6,11,13-14H,7-10,12H2,1H3. The molecule has 2 heterocycles. The van der Waals surface area contributed by atoms with Crippen molar-refractivity contribution in [3.8, 4) is 0 Å². The number of anilines is 1. The van der Waals surface area contributed by atoms with E-state index >= 15 is 0 Å². The summed E-state index contributed by atoms with van der Waals surface area (Å²) in [6.45, 7) is 6.49. The Morgan fingerprint density at radius 1 is 1.18 bits per heavy atom. The molecule has 5 heteroatoms. The van der Waals surface area contributed by atoms with Crippen LogP contribution in [-0.2, 0) is 6.54 Å². The molecular weight excluding hydrogens is 387 g/mol. The van der Waals surface area contributed by atoms with E-state index in [9.17, 15) is 0 Å². The van der Waals surface area contributed by atoms with Gasteiger partial charge < -0.3 is 4.90 Å². The average molecular weight is 408 g/mol. The van der Waals surface area contributed by atoms with Crippen LogP contribution in [0.3, 0.4) is 0 Å². The van der Waals surface area contributed by atoms with E-state index in [0.29, 0.717) is 6.04 Å². The molecule has 0 spiro atoms. The first-order chi connectivity index (χ1) is 10.7. The van der Waals surface area contributed by atoms with Crippen LogP contribution in [0.1, 0.15) is 18.9 Å². The molecule has 2 aromatic rings. The highest BCUT2D eigenvalue weighted by atomic mass is 127. The highest BCUT2D eigenvalue weighted by Gasteiger charge is 2.22. The summed E-state index contributed by atoms with van der Waals surface area (Å²) in [6, 6.07) is 11.3. The Hall–Kier alpha value is -1.21. The van der Waals surface area contributed by atoms with Crippen LogP contribution in [0, 0.1) is 3.57 Å². The smallest absolute Gasteiger partial charge is 0.145 e. The summed E-state index contributed by atoms with van der Waals surface area (Å²) in [6.07, 6.45) is 4.69. The zero-order valence-electron chi connectivity index (χ0n) is 12.8. The lowest BCUT2D eigenvalue weighted by Gasteiger charge is -2.26. The second kappa shape index (κ2) is 7.37. The molecule has 0 saturated carbocycles. The van der Waals surface area contributed by atoms with Crippen LogP contribution in [0.5, 0.6) is 0 Å². The van der Waals surface area contributed by atoms with E-state index in [1.54, 1.807) is 6.33 Å². The molecule has 1 aromatic carbocycles. The Labute approximate surface area is 145 Å². The van der Waals surface area contributed by atoms with E-state index in [1.807, 2.05) is 6.20 Å². The predicted molar refractivity (Wildman–Crippen MR) is 97.9 cm³/mol. The number of nitrogens with zero attached hydrogens (tertiary/aromatic N) is 4. The normalized spacial score (nSPS) is 19.9. The second-order valence-electron chi connectivity index (χ2n) is 5.78. The fourth-order valence-electron chi connectivity index (χ4n) is 2.91. The highest BCUT2D eigenvalue weighted by molar-refractivity contribution is 14.1. The van der Waals surface area contributed by atoms with Crippen LogP contribution in [0.4, 0.5) is 5.82 Å². The van der Waals surface area contributed by atoms with Gasteiger partial charge in [0, 0.05) is 38.4 Å². The van der Waals surface area contributed by atoms with Gasteiger partial charge in [0.05, 0.1) is 3.57 Å². The molecule has 116 valence electrons. The van der Waals surface area contributed by atoms with Crippen molar-refractivity contribution >= 4 is 28.4 Å². The van der Waals surface area contributed by atoms with E-state index in [4.69, 9.17) is 0 Å². The van der Waals surface area contributed by atoms with Crippen molar-refractivity contribution in [3.05, 3.63) is 52.0 Å². The van der Waals surface area contributed by atoms with Gasteiger partial charge in [-0.05, 0) is 41.5 Å². The highest BCUT2D eigenvalue weighted by Crippen LogP contribution is 2.22. The molecule has 1 aliphatic rings. The van der Waals surface area contributed by atoms with Crippen LogP contribution < -0.4 is 4.90 Å². The van der Waals surface area contributed by atoms with Crippen molar-refractivity contribution in [2.45, 2.75) is 25.9 Å². The van der Waals surface area contributed by atoms with E-state index < -0.39 is 0 Å². The van der Waals surface area contributed by atoms with Gasteiger partial charge in [-0.25, -0.2) is 9.97 Å². The summed E-state index contributed by atoms with van der Waals surface area (Å²) >= 11 is 2.32. The number of hydrogen-bond donors (Lipinski definition) is 0.